The summed E-state index contributed by atoms with van der Waals surface area (Å²) in [6.07, 6.45) is 7.63. The molecule has 0 atom stereocenters. The van der Waals surface area contributed by atoms with Gasteiger partial charge in [-0.1, -0.05) is 19.3 Å². The van der Waals surface area contributed by atoms with Crippen LogP contribution in [0.4, 0.5) is 0 Å². The summed E-state index contributed by atoms with van der Waals surface area (Å²) in [5.74, 6) is 0.941. The number of nitrogens with zero attached hydrogens (tertiary/aromatic N) is 2. The first-order valence-corrected chi connectivity index (χ1v) is 8.41. The molecule has 2 N–H and O–H groups in total. The highest BCUT2D eigenvalue weighted by Crippen LogP contribution is 2.18. The molecule has 2 rings (SSSR count). The molecule has 1 aromatic rings. The second-order valence-electron chi connectivity index (χ2n) is 5.47. The Morgan fingerprint density at radius 1 is 1.29 bits per heavy atom. The number of halogens is 1. The fourth-order valence-electron chi connectivity index (χ4n) is 2.73. The van der Waals surface area contributed by atoms with Crippen LogP contribution in [0.5, 0.6) is 0 Å². The Morgan fingerprint density at radius 2 is 2.00 bits per heavy atom. The highest BCUT2D eigenvalue weighted by Gasteiger charge is 2.14. The minimum atomic E-state index is 0. The van der Waals surface area contributed by atoms with Crippen LogP contribution in [0.2, 0.25) is 0 Å². The first-order valence-electron chi connectivity index (χ1n) is 7.59. The quantitative estimate of drug-likeness (QED) is 0.444. The van der Waals surface area contributed by atoms with E-state index >= 15 is 0 Å². The smallest absolute Gasteiger partial charge is 0.191 e. The second kappa shape index (κ2) is 9.61. The third kappa shape index (κ3) is 6.10. The molecule has 1 heterocycles. The summed E-state index contributed by atoms with van der Waals surface area (Å²) < 4.78 is 0. The standard InChI is InChI=1S/C15H26N4S.HI/c1-11-14(20-12(2)18-11)9-10-17-15(16-3)19-13-7-5-4-6-8-13;/h13H,4-10H2,1-3H3,(H2,16,17,19);1H. The van der Waals surface area contributed by atoms with Gasteiger partial charge in [0.1, 0.15) is 0 Å². The molecule has 21 heavy (non-hydrogen) atoms. The van der Waals surface area contributed by atoms with Crippen molar-refractivity contribution < 1.29 is 0 Å². The van der Waals surface area contributed by atoms with Gasteiger partial charge < -0.3 is 10.6 Å². The Morgan fingerprint density at radius 3 is 2.57 bits per heavy atom. The van der Waals surface area contributed by atoms with Gasteiger partial charge in [-0.05, 0) is 26.7 Å². The van der Waals surface area contributed by atoms with E-state index in [2.05, 4.69) is 34.5 Å². The van der Waals surface area contributed by atoms with Crippen molar-refractivity contribution in [2.45, 2.75) is 58.4 Å². The number of thiazole rings is 1. The van der Waals surface area contributed by atoms with Gasteiger partial charge in [0.15, 0.2) is 5.96 Å². The molecule has 1 fully saturated rings. The molecule has 1 aliphatic rings. The Labute approximate surface area is 149 Å². The van der Waals surface area contributed by atoms with Crippen LogP contribution >= 0.6 is 35.3 Å². The van der Waals surface area contributed by atoms with Crippen molar-refractivity contribution in [2.24, 2.45) is 4.99 Å². The van der Waals surface area contributed by atoms with Crippen molar-refractivity contribution in [1.82, 2.24) is 15.6 Å². The van der Waals surface area contributed by atoms with Crippen molar-refractivity contribution in [3.63, 3.8) is 0 Å². The summed E-state index contributed by atoms with van der Waals surface area (Å²) in [5, 5.41) is 8.11. The maximum atomic E-state index is 4.47. The maximum absolute atomic E-state index is 4.47. The molecule has 4 nitrogen and oxygen atoms in total. The lowest BCUT2D eigenvalue weighted by Crippen LogP contribution is -2.44. The summed E-state index contributed by atoms with van der Waals surface area (Å²) in [6, 6.07) is 0.599. The highest BCUT2D eigenvalue weighted by atomic mass is 127. The van der Waals surface area contributed by atoms with E-state index in [1.807, 2.05) is 7.05 Å². The van der Waals surface area contributed by atoms with Gasteiger partial charge in [-0.25, -0.2) is 4.98 Å². The maximum Gasteiger partial charge on any atom is 0.191 e. The van der Waals surface area contributed by atoms with Crippen LogP contribution in [0.1, 0.15) is 47.7 Å². The van der Waals surface area contributed by atoms with Crippen LogP contribution in [0.15, 0.2) is 4.99 Å². The van der Waals surface area contributed by atoms with E-state index in [4.69, 9.17) is 0 Å². The molecular weight excluding hydrogens is 395 g/mol. The lowest BCUT2D eigenvalue weighted by atomic mass is 9.96. The predicted molar refractivity (Wildman–Crippen MR) is 102 cm³/mol. The fraction of sp³-hybridized carbons (Fsp3) is 0.733. The van der Waals surface area contributed by atoms with E-state index in [9.17, 15) is 0 Å². The van der Waals surface area contributed by atoms with E-state index in [0.29, 0.717) is 6.04 Å². The largest absolute Gasteiger partial charge is 0.356 e. The molecule has 120 valence electrons. The average molecular weight is 422 g/mol. The molecule has 1 aromatic heterocycles. The molecule has 0 spiro atoms. The molecule has 0 bridgehead atoms. The molecule has 0 unspecified atom stereocenters. The molecule has 0 saturated heterocycles. The minimum absolute atomic E-state index is 0. The molecule has 0 radical (unpaired) electrons. The van der Waals surface area contributed by atoms with Gasteiger partial charge >= 0.3 is 0 Å². The second-order valence-corrected chi connectivity index (χ2v) is 6.76. The number of rotatable bonds is 4. The number of aliphatic imine (C=N–C) groups is 1. The molecule has 0 amide bonds. The van der Waals surface area contributed by atoms with Crippen LogP contribution in [-0.4, -0.2) is 30.6 Å². The number of aromatic nitrogens is 1. The number of nitrogens with one attached hydrogen (secondary N) is 2. The molecule has 1 saturated carbocycles. The molecule has 0 aliphatic heterocycles. The van der Waals surface area contributed by atoms with E-state index in [1.165, 1.54) is 42.7 Å². The zero-order valence-corrected chi connectivity index (χ0v) is 16.4. The number of hydrogen-bond donors (Lipinski definition) is 2. The van der Waals surface area contributed by atoms with E-state index in [-0.39, 0.29) is 24.0 Å². The van der Waals surface area contributed by atoms with Gasteiger partial charge in [0, 0.05) is 30.9 Å². The van der Waals surface area contributed by atoms with Crippen LogP contribution < -0.4 is 10.6 Å². The van der Waals surface area contributed by atoms with Crippen LogP contribution in [0.3, 0.4) is 0 Å². The molecule has 1 aliphatic carbocycles. The van der Waals surface area contributed by atoms with Gasteiger partial charge in [-0.3, -0.25) is 4.99 Å². The predicted octanol–water partition coefficient (Wildman–Crippen LogP) is 3.42. The topological polar surface area (TPSA) is 49.3 Å². The van der Waals surface area contributed by atoms with Gasteiger partial charge in [0.05, 0.1) is 10.7 Å². The van der Waals surface area contributed by atoms with Crippen molar-refractivity contribution in [3.05, 3.63) is 15.6 Å². The Bertz CT molecular complexity index is 453. The summed E-state index contributed by atoms with van der Waals surface area (Å²) in [7, 11) is 1.85. The average Bonchev–Trinajstić information content (AvgIpc) is 2.77. The fourth-order valence-corrected chi connectivity index (χ4v) is 3.67. The summed E-state index contributed by atoms with van der Waals surface area (Å²) in [5.41, 5.74) is 1.17. The van der Waals surface area contributed by atoms with Gasteiger partial charge in [-0.15, -0.1) is 35.3 Å². The lowest BCUT2D eigenvalue weighted by Gasteiger charge is -2.24. The van der Waals surface area contributed by atoms with Crippen molar-refractivity contribution in [2.75, 3.05) is 13.6 Å². The zero-order valence-electron chi connectivity index (χ0n) is 13.2. The highest BCUT2D eigenvalue weighted by molar-refractivity contribution is 14.0. The van der Waals surface area contributed by atoms with Crippen molar-refractivity contribution in [3.8, 4) is 0 Å². The van der Waals surface area contributed by atoms with Gasteiger partial charge in [-0.2, -0.15) is 0 Å². The third-order valence-electron chi connectivity index (χ3n) is 3.81. The summed E-state index contributed by atoms with van der Waals surface area (Å²) >= 11 is 1.80. The van der Waals surface area contributed by atoms with Gasteiger partial charge in [0.25, 0.3) is 0 Å². The number of aryl methyl sites for hydroxylation is 2. The third-order valence-corrected chi connectivity index (χ3v) is 4.95. The van der Waals surface area contributed by atoms with Crippen molar-refractivity contribution in [1.29, 1.82) is 0 Å². The number of hydrogen-bond acceptors (Lipinski definition) is 3. The lowest BCUT2D eigenvalue weighted by molar-refractivity contribution is 0.410. The van der Waals surface area contributed by atoms with E-state index < -0.39 is 0 Å². The molecule has 6 heteroatoms. The van der Waals surface area contributed by atoms with Crippen molar-refractivity contribution >= 4 is 41.3 Å². The van der Waals surface area contributed by atoms with E-state index in [1.54, 1.807) is 11.3 Å². The Balaban J connectivity index is 0.00000220. The SMILES string of the molecule is CN=C(NCCc1sc(C)nc1C)NC1CCCCC1.I. The normalized spacial score (nSPS) is 16.4. The Kier molecular flexibility index (Phi) is 8.55. The summed E-state index contributed by atoms with van der Waals surface area (Å²) in [6.45, 7) is 5.07. The number of guanidine groups is 1. The molecule has 0 aromatic carbocycles. The van der Waals surface area contributed by atoms with E-state index in [0.717, 1.165) is 23.9 Å². The first-order chi connectivity index (χ1) is 9.69. The van der Waals surface area contributed by atoms with Gasteiger partial charge in [0.2, 0.25) is 0 Å². The Hall–Kier alpha value is -0.370. The monoisotopic (exact) mass is 422 g/mol. The van der Waals surface area contributed by atoms with Crippen LogP contribution in [-0.2, 0) is 6.42 Å². The molecular formula is C15H27IN4S. The first kappa shape index (κ1) is 18.7. The van der Waals surface area contributed by atoms with Crippen LogP contribution in [0.25, 0.3) is 0 Å². The minimum Gasteiger partial charge on any atom is -0.356 e. The van der Waals surface area contributed by atoms with Crippen LogP contribution in [0, 0.1) is 13.8 Å². The summed E-state index contributed by atoms with van der Waals surface area (Å²) in [4.78, 5) is 10.2. The zero-order chi connectivity index (χ0) is 14.4.